The molecule has 6 heteroatoms. The fourth-order valence-corrected chi connectivity index (χ4v) is 1.94. The van der Waals surface area contributed by atoms with Crippen LogP contribution >= 0.6 is 0 Å². The van der Waals surface area contributed by atoms with E-state index in [4.69, 9.17) is 5.73 Å². The lowest BCUT2D eigenvalue weighted by molar-refractivity contribution is -0.141. The van der Waals surface area contributed by atoms with Crippen molar-refractivity contribution >= 4 is 5.82 Å². The van der Waals surface area contributed by atoms with Gasteiger partial charge >= 0.3 is 6.18 Å². The maximum atomic E-state index is 12.8. The van der Waals surface area contributed by atoms with Gasteiger partial charge in [-0.2, -0.15) is 13.2 Å². The van der Waals surface area contributed by atoms with Crippen molar-refractivity contribution in [3.8, 4) is 0 Å². The smallest absolute Gasteiger partial charge is 0.356 e. The van der Waals surface area contributed by atoms with Crippen molar-refractivity contribution < 1.29 is 13.2 Å². The van der Waals surface area contributed by atoms with Crippen LogP contribution in [0, 0.1) is 5.92 Å². The zero-order valence-electron chi connectivity index (χ0n) is 12.2. The molecular formula is C14H22F3N3. The molecule has 1 rings (SSSR count). The van der Waals surface area contributed by atoms with Gasteiger partial charge in [-0.15, -0.1) is 0 Å². The Labute approximate surface area is 118 Å². The van der Waals surface area contributed by atoms with Crippen LogP contribution in [0.3, 0.4) is 0 Å². The summed E-state index contributed by atoms with van der Waals surface area (Å²) in [7, 11) is 0. The molecule has 1 heterocycles. The Bertz CT molecular complexity index is 432. The standard InChI is InChI=1S/C14H22F3N3/c1-4-10(3)9-20(5-2)13-11(8-18)6-7-12(19-13)14(15,16)17/h6-7,10H,4-5,8-9,18H2,1-3H3. The first-order valence-corrected chi connectivity index (χ1v) is 6.85. The van der Waals surface area contributed by atoms with Crippen LogP contribution in [0.15, 0.2) is 12.1 Å². The highest BCUT2D eigenvalue weighted by Gasteiger charge is 2.33. The molecule has 0 saturated heterocycles. The van der Waals surface area contributed by atoms with Gasteiger partial charge in [-0.3, -0.25) is 0 Å². The van der Waals surface area contributed by atoms with Gasteiger partial charge in [0.1, 0.15) is 11.5 Å². The van der Waals surface area contributed by atoms with Gasteiger partial charge in [-0.05, 0) is 18.9 Å². The molecule has 1 unspecified atom stereocenters. The van der Waals surface area contributed by atoms with Crippen molar-refractivity contribution in [2.45, 2.75) is 39.9 Å². The number of rotatable bonds is 6. The van der Waals surface area contributed by atoms with E-state index in [9.17, 15) is 13.2 Å². The van der Waals surface area contributed by atoms with E-state index in [1.807, 2.05) is 11.8 Å². The van der Waals surface area contributed by atoms with Gasteiger partial charge in [-0.1, -0.05) is 26.3 Å². The van der Waals surface area contributed by atoms with Gasteiger partial charge < -0.3 is 10.6 Å². The molecule has 0 fully saturated rings. The second-order valence-corrected chi connectivity index (χ2v) is 4.93. The predicted octanol–water partition coefficient (Wildman–Crippen LogP) is 3.43. The zero-order valence-corrected chi connectivity index (χ0v) is 12.2. The van der Waals surface area contributed by atoms with Gasteiger partial charge in [0, 0.05) is 25.2 Å². The van der Waals surface area contributed by atoms with Crippen molar-refractivity contribution in [1.29, 1.82) is 0 Å². The minimum Gasteiger partial charge on any atom is -0.356 e. The van der Waals surface area contributed by atoms with Gasteiger partial charge in [-0.25, -0.2) is 4.98 Å². The first-order valence-electron chi connectivity index (χ1n) is 6.85. The Kier molecular flexibility index (Phi) is 5.80. The Morgan fingerprint density at radius 3 is 2.40 bits per heavy atom. The maximum Gasteiger partial charge on any atom is 0.433 e. The minimum absolute atomic E-state index is 0.178. The first-order chi connectivity index (χ1) is 9.33. The predicted molar refractivity (Wildman–Crippen MR) is 74.5 cm³/mol. The van der Waals surface area contributed by atoms with Crippen molar-refractivity contribution in [2.75, 3.05) is 18.0 Å². The highest BCUT2D eigenvalue weighted by atomic mass is 19.4. The largest absolute Gasteiger partial charge is 0.433 e. The van der Waals surface area contributed by atoms with E-state index in [0.29, 0.717) is 30.4 Å². The lowest BCUT2D eigenvalue weighted by Crippen LogP contribution is -2.31. The summed E-state index contributed by atoms with van der Waals surface area (Å²) in [6, 6.07) is 2.41. The molecule has 1 aromatic rings. The summed E-state index contributed by atoms with van der Waals surface area (Å²) in [6.07, 6.45) is -3.47. The van der Waals surface area contributed by atoms with E-state index in [2.05, 4.69) is 18.8 Å². The minimum atomic E-state index is -4.43. The summed E-state index contributed by atoms with van der Waals surface area (Å²) in [5.74, 6) is 0.738. The number of nitrogens with zero attached hydrogens (tertiary/aromatic N) is 2. The number of pyridine rings is 1. The lowest BCUT2D eigenvalue weighted by atomic mass is 10.1. The first kappa shape index (κ1) is 16.8. The van der Waals surface area contributed by atoms with E-state index in [1.54, 1.807) is 0 Å². The van der Waals surface area contributed by atoms with Gasteiger partial charge in [0.05, 0.1) is 0 Å². The molecule has 114 valence electrons. The second kappa shape index (κ2) is 6.92. The van der Waals surface area contributed by atoms with E-state index in [-0.39, 0.29) is 6.54 Å². The Morgan fingerprint density at radius 1 is 1.30 bits per heavy atom. The van der Waals surface area contributed by atoms with Crippen molar-refractivity contribution in [3.05, 3.63) is 23.4 Å². The maximum absolute atomic E-state index is 12.8. The molecule has 0 amide bonds. The number of anilines is 1. The van der Waals surface area contributed by atoms with Gasteiger partial charge in [0.25, 0.3) is 0 Å². The topological polar surface area (TPSA) is 42.2 Å². The fourth-order valence-electron chi connectivity index (χ4n) is 1.94. The molecule has 0 aliphatic rings. The molecule has 0 aliphatic heterocycles. The molecule has 0 radical (unpaired) electrons. The Hall–Kier alpha value is -1.30. The van der Waals surface area contributed by atoms with E-state index < -0.39 is 11.9 Å². The van der Waals surface area contributed by atoms with Crippen molar-refractivity contribution in [3.63, 3.8) is 0 Å². The molecule has 2 N–H and O–H groups in total. The SMILES string of the molecule is CCC(C)CN(CC)c1nc(C(F)(F)F)ccc1CN. The van der Waals surface area contributed by atoms with Crippen LogP contribution in [-0.4, -0.2) is 18.1 Å². The Balaban J connectivity index is 3.17. The third kappa shape index (κ3) is 4.10. The molecule has 20 heavy (non-hydrogen) atoms. The zero-order chi connectivity index (χ0) is 15.3. The van der Waals surface area contributed by atoms with E-state index in [0.717, 1.165) is 12.5 Å². The molecule has 1 aromatic heterocycles. The number of hydrogen-bond acceptors (Lipinski definition) is 3. The highest BCUT2D eigenvalue weighted by Crippen LogP contribution is 2.30. The third-order valence-corrected chi connectivity index (χ3v) is 3.38. The molecule has 0 bridgehead atoms. The number of halogens is 3. The summed E-state index contributed by atoms with van der Waals surface area (Å²) >= 11 is 0. The number of aromatic nitrogens is 1. The monoisotopic (exact) mass is 289 g/mol. The number of alkyl halides is 3. The molecule has 1 atom stereocenters. The molecule has 3 nitrogen and oxygen atoms in total. The molecule has 0 saturated carbocycles. The Morgan fingerprint density at radius 2 is 1.95 bits per heavy atom. The van der Waals surface area contributed by atoms with Crippen molar-refractivity contribution in [1.82, 2.24) is 4.98 Å². The van der Waals surface area contributed by atoms with Crippen LogP contribution in [0.25, 0.3) is 0 Å². The molecule has 0 spiro atoms. The second-order valence-electron chi connectivity index (χ2n) is 4.93. The third-order valence-electron chi connectivity index (χ3n) is 3.38. The summed E-state index contributed by atoms with van der Waals surface area (Å²) in [5.41, 5.74) is 5.39. The lowest BCUT2D eigenvalue weighted by Gasteiger charge is -2.27. The number of nitrogens with two attached hydrogens (primary N) is 1. The average molecular weight is 289 g/mol. The molecular weight excluding hydrogens is 267 g/mol. The molecule has 0 aromatic carbocycles. The van der Waals surface area contributed by atoms with Crippen LogP contribution in [0.5, 0.6) is 0 Å². The van der Waals surface area contributed by atoms with Crippen LogP contribution in [-0.2, 0) is 12.7 Å². The van der Waals surface area contributed by atoms with E-state index >= 15 is 0 Å². The van der Waals surface area contributed by atoms with Gasteiger partial charge in [0.2, 0.25) is 0 Å². The summed E-state index contributed by atoms with van der Waals surface area (Å²) < 4.78 is 38.4. The normalized spacial score (nSPS) is 13.3. The molecule has 0 aliphatic carbocycles. The van der Waals surface area contributed by atoms with Crippen LogP contribution in [0.2, 0.25) is 0 Å². The van der Waals surface area contributed by atoms with Crippen LogP contribution in [0.4, 0.5) is 19.0 Å². The van der Waals surface area contributed by atoms with Crippen LogP contribution < -0.4 is 10.6 Å². The van der Waals surface area contributed by atoms with Gasteiger partial charge in [0.15, 0.2) is 0 Å². The fraction of sp³-hybridized carbons (Fsp3) is 0.643. The van der Waals surface area contributed by atoms with Crippen LogP contribution in [0.1, 0.15) is 38.4 Å². The average Bonchev–Trinajstić information content (AvgIpc) is 2.42. The van der Waals surface area contributed by atoms with Crippen molar-refractivity contribution in [2.24, 2.45) is 11.7 Å². The quantitative estimate of drug-likeness (QED) is 0.872. The summed E-state index contributed by atoms with van der Waals surface area (Å²) in [4.78, 5) is 5.66. The van der Waals surface area contributed by atoms with E-state index in [1.165, 1.54) is 6.07 Å². The number of hydrogen-bond donors (Lipinski definition) is 1. The summed E-state index contributed by atoms with van der Waals surface area (Å²) in [6.45, 7) is 7.49. The summed E-state index contributed by atoms with van der Waals surface area (Å²) in [5, 5.41) is 0. The highest BCUT2D eigenvalue weighted by molar-refractivity contribution is 5.48.